The molecule has 1 aliphatic rings. The van der Waals surface area contributed by atoms with Gasteiger partial charge < -0.3 is 0 Å². The van der Waals surface area contributed by atoms with E-state index in [1.54, 1.807) is 0 Å². The minimum Gasteiger partial charge on any atom is -0.289 e. The summed E-state index contributed by atoms with van der Waals surface area (Å²) in [6.07, 6.45) is 2.33. The van der Waals surface area contributed by atoms with Gasteiger partial charge in [-0.2, -0.15) is 0 Å². The zero-order chi connectivity index (χ0) is 11.6. The third-order valence-corrected chi connectivity index (χ3v) is 6.40. The van der Waals surface area contributed by atoms with Crippen molar-refractivity contribution in [1.82, 2.24) is 9.34 Å². The van der Waals surface area contributed by atoms with Gasteiger partial charge in [0.1, 0.15) is 0 Å². The molecule has 4 heteroatoms. The van der Waals surface area contributed by atoms with Crippen molar-refractivity contribution in [2.45, 2.75) is 52.6 Å². The molecule has 1 fully saturated rings. The molecule has 0 saturated carbocycles. The molecule has 1 rings (SSSR count). The van der Waals surface area contributed by atoms with E-state index in [0.29, 0.717) is 12.1 Å². The smallest absolute Gasteiger partial charge is 0.214 e. The molecule has 0 aliphatic carbocycles. The van der Waals surface area contributed by atoms with Crippen LogP contribution in [0.3, 0.4) is 0 Å². The molecule has 0 bridgehead atoms. The molecule has 0 radical (unpaired) electrons. The summed E-state index contributed by atoms with van der Waals surface area (Å²) in [5.41, 5.74) is 0. The summed E-state index contributed by atoms with van der Waals surface area (Å²) in [7, 11) is -2.30. The highest BCUT2D eigenvalue weighted by atomic mass is 31.2. The van der Waals surface area contributed by atoms with Crippen molar-refractivity contribution >= 4 is 7.44 Å². The lowest BCUT2D eigenvalue weighted by molar-refractivity contribution is 0.306. The predicted octanol–water partition coefficient (Wildman–Crippen LogP) is 3.02. The molecule has 1 aliphatic heterocycles. The lowest BCUT2D eigenvalue weighted by Gasteiger charge is -2.39. The van der Waals surface area contributed by atoms with Crippen molar-refractivity contribution in [2.24, 2.45) is 0 Å². The Morgan fingerprint density at radius 1 is 0.933 bits per heavy atom. The van der Waals surface area contributed by atoms with E-state index in [1.165, 1.54) is 12.8 Å². The lowest BCUT2D eigenvalue weighted by Crippen LogP contribution is -2.37. The summed E-state index contributed by atoms with van der Waals surface area (Å²) in [6, 6.07) is 0.750. The van der Waals surface area contributed by atoms with Crippen molar-refractivity contribution in [3.63, 3.8) is 0 Å². The molecule has 0 unspecified atom stereocenters. The molecule has 0 N–H and O–H groups in total. The maximum atomic E-state index is 12.9. The maximum Gasteiger partial charge on any atom is 0.214 e. The SMILES string of the molecule is CC(C)N1CCCCN(C(C)C)P1(C)=O. The van der Waals surface area contributed by atoms with Crippen molar-refractivity contribution in [3.8, 4) is 0 Å². The number of nitrogens with zero attached hydrogens (tertiary/aromatic N) is 2. The molecule has 90 valence electrons. The fraction of sp³-hybridized carbons (Fsp3) is 1.00. The van der Waals surface area contributed by atoms with Crippen LogP contribution in [0, 0.1) is 0 Å². The first-order chi connectivity index (χ1) is 6.87. The van der Waals surface area contributed by atoms with E-state index in [4.69, 9.17) is 0 Å². The van der Waals surface area contributed by atoms with Gasteiger partial charge in [-0.05, 0) is 40.5 Å². The largest absolute Gasteiger partial charge is 0.289 e. The molecule has 0 aromatic heterocycles. The van der Waals surface area contributed by atoms with Gasteiger partial charge in [0, 0.05) is 31.8 Å². The van der Waals surface area contributed by atoms with Crippen LogP contribution in [0.15, 0.2) is 0 Å². The second kappa shape index (κ2) is 4.99. The quantitative estimate of drug-likeness (QED) is 0.684. The second-order valence-electron chi connectivity index (χ2n) is 5.06. The fourth-order valence-electron chi connectivity index (χ4n) is 2.44. The average Bonchev–Trinajstić information content (AvgIpc) is 2.22. The molecule has 1 saturated heterocycles. The van der Waals surface area contributed by atoms with Gasteiger partial charge in [0.2, 0.25) is 7.44 Å². The van der Waals surface area contributed by atoms with E-state index in [1.807, 2.05) is 6.66 Å². The normalized spacial score (nSPS) is 24.7. The van der Waals surface area contributed by atoms with Gasteiger partial charge in [0.15, 0.2) is 0 Å². The highest BCUT2D eigenvalue weighted by Crippen LogP contribution is 2.53. The first-order valence-electron chi connectivity index (χ1n) is 5.99. The average molecular weight is 232 g/mol. The Kier molecular flexibility index (Phi) is 4.39. The van der Waals surface area contributed by atoms with Gasteiger partial charge in [-0.25, -0.2) is 9.34 Å². The highest BCUT2D eigenvalue weighted by Gasteiger charge is 2.36. The molecule has 0 aromatic rings. The summed E-state index contributed by atoms with van der Waals surface area (Å²) in [5.74, 6) is 0. The Morgan fingerprint density at radius 3 is 1.53 bits per heavy atom. The minimum absolute atomic E-state index is 0.375. The molecule has 0 atom stereocenters. The molecular weight excluding hydrogens is 207 g/mol. The van der Waals surface area contributed by atoms with Crippen LogP contribution in [-0.4, -0.2) is 41.2 Å². The first-order valence-corrected chi connectivity index (χ1v) is 8.05. The topological polar surface area (TPSA) is 23.6 Å². The van der Waals surface area contributed by atoms with Gasteiger partial charge in [0.25, 0.3) is 0 Å². The van der Waals surface area contributed by atoms with Crippen LogP contribution in [0.1, 0.15) is 40.5 Å². The Balaban J connectivity index is 2.95. The van der Waals surface area contributed by atoms with Crippen molar-refractivity contribution in [3.05, 3.63) is 0 Å². The monoisotopic (exact) mass is 232 g/mol. The molecule has 15 heavy (non-hydrogen) atoms. The highest BCUT2D eigenvalue weighted by molar-refractivity contribution is 7.58. The Labute approximate surface area is 94.3 Å². The molecule has 0 amide bonds. The van der Waals surface area contributed by atoms with E-state index < -0.39 is 7.44 Å². The van der Waals surface area contributed by atoms with Crippen LogP contribution in [-0.2, 0) is 4.57 Å². The first kappa shape index (κ1) is 13.2. The number of hydrogen-bond acceptors (Lipinski definition) is 1. The van der Waals surface area contributed by atoms with Gasteiger partial charge in [-0.1, -0.05) is 0 Å². The van der Waals surface area contributed by atoms with E-state index in [0.717, 1.165) is 13.1 Å². The van der Waals surface area contributed by atoms with Crippen molar-refractivity contribution < 1.29 is 4.57 Å². The summed E-state index contributed by atoms with van der Waals surface area (Å²) >= 11 is 0. The van der Waals surface area contributed by atoms with E-state index in [-0.39, 0.29) is 0 Å². The van der Waals surface area contributed by atoms with Gasteiger partial charge in [-0.3, -0.25) is 4.57 Å². The zero-order valence-corrected chi connectivity index (χ0v) is 11.6. The van der Waals surface area contributed by atoms with Crippen LogP contribution < -0.4 is 0 Å². The fourth-order valence-corrected chi connectivity index (χ4v) is 5.47. The second-order valence-corrected chi connectivity index (χ2v) is 7.75. The van der Waals surface area contributed by atoms with E-state index in [2.05, 4.69) is 37.0 Å². The maximum absolute atomic E-state index is 12.9. The number of hydrogen-bond donors (Lipinski definition) is 0. The van der Waals surface area contributed by atoms with E-state index >= 15 is 0 Å². The lowest BCUT2D eigenvalue weighted by atomic mass is 10.2. The summed E-state index contributed by atoms with van der Waals surface area (Å²) < 4.78 is 17.2. The minimum atomic E-state index is -2.30. The van der Waals surface area contributed by atoms with Crippen LogP contribution in [0.25, 0.3) is 0 Å². The van der Waals surface area contributed by atoms with E-state index in [9.17, 15) is 4.57 Å². The predicted molar refractivity (Wildman–Crippen MR) is 66.4 cm³/mol. The third-order valence-electron chi connectivity index (χ3n) is 3.17. The standard InChI is InChI=1S/C11H25N2OP/c1-10(2)12-8-6-7-9-13(11(3)4)15(12,5)14/h10-11H,6-9H2,1-5H3. The van der Waals surface area contributed by atoms with Crippen LogP contribution >= 0.6 is 7.44 Å². The summed E-state index contributed by atoms with van der Waals surface area (Å²) in [4.78, 5) is 0. The molecule has 0 aromatic carbocycles. The molecule has 1 heterocycles. The van der Waals surface area contributed by atoms with Crippen LogP contribution in [0.5, 0.6) is 0 Å². The van der Waals surface area contributed by atoms with Crippen molar-refractivity contribution in [2.75, 3.05) is 19.8 Å². The van der Waals surface area contributed by atoms with Gasteiger partial charge >= 0.3 is 0 Å². The van der Waals surface area contributed by atoms with Crippen molar-refractivity contribution in [1.29, 1.82) is 0 Å². The van der Waals surface area contributed by atoms with Crippen LogP contribution in [0.4, 0.5) is 0 Å². The Morgan fingerprint density at radius 2 is 1.27 bits per heavy atom. The molecular formula is C11H25N2OP. The number of rotatable bonds is 2. The Hall–Kier alpha value is 0.150. The Bertz CT molecular complexity index is 231. The van der Waals surface area contributed by atoms with Gasteiger partial charge in [0.05, 0.1) is 0 Å². The molecule has 3 nitrogen and oxygen atoms in total. The summed E-state index contributed by atoms with van der Waals surface area (Å²) in [5, 5.41) is 0. The molecule has 0 spiro atoms. The van der Waals surface area contributed by atoms with Gasteiger partial charge in [-0.15, -0.1) is 0 Å². The zero-order valence-electron chi connectivity index (χ0n) is 10.7. The third kappa shape index (κ3) is 2.83. The van der Waals surface area contributed by atoms with Crippen LogP contribution in [0.2, 0.25) is 0 Å². The summed E-state index contributed by atoms with van der Waals surface area (Å²) in [6.45, 7) is 12.4.